The molecule has 4 nitrogen and oxygen atoms in total. The SMILES string of the molecule is COCCN(CC(C)C)C(=O)COC(C)C. The van der Waals surface area contributed by atoms with Gasteiger partial charge in [0.1, 0.15) is 6.61 Å². The van der Waals surface area contributed by atoms with E-state index < -0.39 is 0 Å². The van der Waals surface area contributed by atoms with Crippen LogP contribution in [-0.4, -0.2) is 50.3 Å². The Labute approximate surface area is 98.9 Å². The third-order valence-corrected chi connectivity index (χ3v) is 2.04. The molecule has 0 aliphatic rings. The number of carbonyl (C=O) groups is 1. The summed E-state index contributed by atoms with van der Waals surface area (Å²) >= 11 is 0. The van der Waals surface area contributed by atoms with Crippen LogP contribution >= 0.6 is 0 Å². The first-order chi connectivity index (χ1) is 7.47. The average Bonchev–Trinajstić information content (AvgIpc) is 2.20. The molecule has 0 aromatic heterocycles. The number of amides is 1. The third kappa shape index (κ3) is 7.65. The molecular weight excluding hydrogens is 206 g/mol. The Morgan fingerprint density at radius 3 is 2.31 bits per heavy atom. The van der Waals surface area contributed by atoms with E-state index in [1.54, 1.807) is 12.0 Å². The third-order valence-electron chi connectivity index (χ3n) is 2.04. The first-order valence-electron chi connectivity index (χ1n) is 5.85. The molecule has 0 atom stereocenters. The van der Waals surface area contributed by atoms with Crippen molar-refractivity contribution in [2.45, 2.75) is 33.8 Å². The van der Waals surface area contributed by atoms with Gasteiger partial charge in [0.2, 0.25) is 5.91 Å². The summed E-state index contributed by atoms with van der Waals surface area (Å²) in [7, 11) is 1.64. The first kappa shape index (κ1) is 15.4. The average molecular weight is 231 g/mol. The maximum absolute atomic E-state index is 11.8. The summed E-state index contributed by atoms with van der Waals surface area (Å²) in [4.78, 5) is 13.6. The van der Waals surface area contributed by atoms with E-state index in [1.165, 1.54) is 0 Å². The Morgan fingerprint density at radius 1 is 1.25 bits per heavy atom. The maximum Gasteiger partial charge on any atom is 0.248 e. The van der Waals surface area contributed by atoms with E-state index >= 15 is 0 Å². The van der Waals surface area contributed by atoms with Gasteiger partial charge in [-0.1, -0.05) is 13.8 Å². The van der Waals surface area contributed by atoms with Gasteiger partial charge in [0, 0.05) is 20.2 Å². The lowest BCUT2D eigenvalue weighted by Gasteiger charge is -2.24. The molecule has 4 heteroatoms. The highest BCUT2D eigenvalue weighted by Gasteiger charge is 2.15. The van der Waals surface area contributed by atoms with Crippen molar-refractivity contribution in [3.05, 3.63) is 0 Å². The quantitative estimate of drug-likeness (QED) is 0.636. The highest BCUT2D eigenvalue weighted by molar-refractivity contribution is 5.77. The Balaban J connectivity index is 4.09. The molecule has 0 radical (unpaired) electrons. The van der Waals surface area contributed by atoms with Crippen molar-refractivity contribution in [2.75, 3.05) is 33.4 Å². The summed E-state index contributed by atoms with van der Waals surface area (Å²) in [6.45, 7) is 10.2. The molecule has 0 fully saturated rings. The fraction of sp³-hybridized carbons (Fsp3) is 0.917. The fourth-order valence-corrected chi connectivity index (χ4v) is 1.29. The van der Waals surface area contributed by atoms with Gasteiger partial charge in [-0.25, -0.2) is 0 Å². The molecule has 0 saturated heterocycles. The summed E-state index contributed by atoms with van der Waals surface area (Å²) in [5.41, 5.74) is 0. The summed E-state index contributed by atoms with van der Waals surface area (Å²) < 4.78 is 10.3. The van der Waals surface area contributed by atoms with Crippen LogP contribution in [0, 0.1) is 5.92 Å². The Bertz CT molecular complexity index is 193. The number of nitrogens with zero attached hydrogens (tertiary/aromatic N) is 1. The van der Waals surface area contributed by atoms with Gasteiger partial charge in [-0.05, 0) is 19.8 Å². The van der Waals surface area contributed by atoms with E-state index in [0.29, 0.717) is 19.1 Å². The number of methoxy groups -OCH3 is 1. The van der Waals surface area contributed by atoms with E-state index in [-0.39, 0.29) is 18.6 Å². The van der Waals surface area contributed by atoms with Crippen molar-refractivity contribution < 1.29 is 14.3 Å². The molecule has 0 aliphatic carbocycles. The van der Waals surface area contributed by atoms with Gasteiger partial charge < -0.3 is 14.4 Å². The van der Waals surface area contributed by atoms with Crippen LogP contribution in [0.5, 0.6) is 0 Å². The number of hydrogen-bond acceptors (Lipinski definition) is 3. The molecular formula is C12H25NO3. The van der Waals surface area contributed by atoms with Crippen molar-refractivity contribution in [2.24, 2.45) is 5.92 Å². The minimum atomic E-state index is 0.0412. The number of hydrogen-bond donors (Lipinski definition) is 0. The van der Waals surface area contributed by atoms with Crippen LogP contribution in [0.1, 0.15) is 27.7 Å². The molecule has 0 bridgehead atoms. The molecule has 0 unspecified atom stereocenters. The van der Waals surface area contributed by atoms with Crippen molar-refractivity contribution >= 4 is 5.91 Å². The predicted molar refractivity (Wildman–Crippen MR) is 64.4 cm³/mol. The Hall–Kier alpha value is -0.610. The maximum atomic E-state index is 11.8. The highest BCUT2D eigenvalue weighted by atomic mass is 16.5. The number of carbonyl (C=O) groups excluding carboxylic acids is 1. The number of ether oxygens (including phenoxy) is 2. The minimum absolute atomic E-state index is 0.0412. The van der Waals surface area contributed by atoms with E-state index in [4.69, 9.17) is 9.47 Å². The molecule has 16 heavy (non-hydrogen) atoms. The number of rotatable bonds is 8. The van der Waals surface area contributed by atoms with Crippen molar-refractivity contribution in [3.63, 3.8) is 0 Å². The summed E-state index contributed by atoms with van der Waals surface area (Å²) in [5.74, 6) is 0.499. The summed E-state index contributed by atoms with van der Waals surface area (Å²) in [5, 5.41) is 0. The van der Waals surface area contributed by atoms with Crippen LogP contribution in [0.2, 0.25) is 0 Å². The van der Waals surface area contributed by atoms with Gasteiger partial charge in [0.25, 0.3) is 0 Å². The first-order valence-corrected chi connectivity index (χ1v) is 5.85. The van der Waals surface area contributed by atoms with E-state index in [1.807, 2.05) is 13.8 Å². The molecule has 0 aliphatic heterocycles. The van der Waals surface area contributed by atoms with Crippen LogP contribution in [0.15, 0.2) is 0 Å². The van der Waals surface area contributed by atoms with E-state index in [2.05, 4.69) is 13.8 Å². The molecule has 0 saturated carbocycles. The molecule has 0 aromatic carbocycles. The Kier molecular flexibility index (Phi) is 8.21. The van der Waals surface area contributed by atoms with Crippen LogP contribution < -0.4 is 0 Å². The molecule has 0 aromatic rings. The second-order valence-corrected chi connectivity index (χ2v) is 4.59. The Morgan fingerprint density at radius 2 is 1.88 bits per heavy atom. The normalized spacial score (nSPS) is 11.2. The lowest BCUT2D eigenvalue weighted by Crippen LogP contribution is -2.39. The van der Waals surface area contributed by atoms with Gasteiger partial charge in [-0.2, -0.15) is 0 Å². The van der Waals surface area contributed by atoms with Crippen molar-refractivity contribution in [1.29, 1.82) is 0 Å². The minimum Gasteiger partial charge on any atom is -0.383 e. The highest BCUT2D eigenvalue weighted by Crippen LogP contribution is 2.00. The zero-order valence-electron chi connectivity index (χ0n) is 11.2. The van der Waals surface area contributed by atoms with Crippen molar-refractivity contribution in [1.82, 2.24) is 4.90 Å². The van der Waals surface area contributed by atoms with Crippen LogP contribution in [0.3, 0.4) is 0 Å². The van der Waals surface area contributed by atoms with Crippen molar-refractivity contribution in [3.8, 4) is 0 Å². The van der Waals surface area contributed by atoms with Crippen LogP contribution in [0.4, 0.5) is 0 Å². The van der Waals surface area contributed by atoms with Gasteiger partial charge >= 0.3 is 0 Å². The molecule has 0 N–H and O–H groups in total. The van der Waals surface area contributed by atoms with Gasteiger partial charge in [-0.15, -0.1) is 0 Å². The molecule has 0 spiro atoms. The molecule has 1 amide bonds. The van der Waals surface area contributed by atoms with Crippen LogP contribution in [0.25, 0.3) is 0 Å². The monoisotopic (exact) mass is 231 g/mol. The predicted octanol–water partition coefficient (Wildman–Crippen LogP) is 1.54. The van der Waals surface area contributed by atoms with Gasteiger partial charge in [-0.3, -0.25) is 4.79 Å². The topological polar surface area (TPSA) is 38.8 Å². The smallest absolute Gasteiger partial charge is 0.248 e. The second-order valence-electron chi connectivity index (χ2n) is 4.59. The largest absolute Gasteiger partial charge is 0.383 e. The second kappa shape index (κ2) is 8.53. The van der Waals surface area contributed by atoms with E-state index in [0.717, 1.165) is 6.54 Å². The van der Waals surface area contributed by atoms with Gasteiger partial charge in [0.05, 0.1) is 12.7 Å². The fourth-order valence-electron chi connectivity index (χ4n) is 1.29. The zero-order chi connectivity index (χ0) is 12.6. The van der Waals surface area contributed by atoms with E-state index in [9.17, 15) is 4.79 Å². The summed E-state index contributed by atoms with van der Waals surface area (Å²) in [6.07, 6.45) is 0.0901. The molecule has 96 valence electrons. The lowest BCUT2D eigenvalue weighted by molar-refractivity contribution is -0.138. The molecule has 0 heterocycles. The van der Waals surface area contributed by atoms with Crippen LogP contribution in [-0.2, 0) is 14.3 Å². The van der Waals surface area contributed by atoms with Gasteiger partial charge in [0.15, 0.2) is 0 Å². The zero-order valence-corrected chi connectivity index (χ0v) is 11.2. The summed E-state index contributed by atoms with van der Waals surface area (Å²) in [6, 6.07) is 0. The molecule has 0 rings (SSSR count). The standard InChI is InChI=1S/C12H25NO3/c1-10(2)8-13(6-7-15-5)12(14)9-16-11(3)4/h10-11H,6-9H2,1-5H3. The lowest BCUT2D eigenvalue weighted by atomic mass is 10.2.